The highest BCUT2D eigenvalue weighted by atomic mass is 35.5. The number of aromatic nitrogens is 2. The van der Waals surface area contributed by atoms with Crippen molar-refractivity contribution in [3.8, 4) is 0 Å². The van der Waals surface area contributed by atoms with Crippen molar-refractivity contribution >= 4 is 40.7 Å². The van der Waals surface area contributed by atoms with Gasteiger partial charge in [-0.15, -0.1) is 0 Å². The van der Waals surface area contributed by atoms with Crippen molar-refractivity contribution in [2.45, 2.75) is 0 Å². The van der Waals surface area contributed by atoms with Crippen LogP contribution in [0.25, 0.3) is 0 Å². The molecule has 2 N–H and O–H groups in total. The van der Waals surface area contributed by atoms with E-state index in [0.29, 0.717) is 34.8 Å². The molecule has 0 fully saturated rings. The van der Waals surface area contributed by atoms with Gasteiger partial charge < -0.3 is 15.4 Å². The van der Waals surface area contributed by atoms with Crippen LogP contribution in [0.2, 0.25) is 10.0 Å². The highest BCUT2D eigenvalue weighted by molar-refractivity contribution is 6.39. The first-order valence-electron chi connectivity index (χ1n) is 6.43. The fourth-order valence-electron chi connectivity index (χ4n) is 1.63. The van der Waals surface area contributed by atoms with E-state index in [9.17, 15) is 4.79 Å². The first-order valence-corrected chi connectivity index (χ1v) is 7.18. The molecule has 6 nitrogen and oxygen atoms in total. The number of benzene rings is 1. The number of halogens is 2. The molecule has 0 aliphatic carbocycles. The summed E-state index contributed by atoms with van der Waals surface area (Å²) in [5.41, 5.74) is 0.550. The standard InChI is InChI=1S/C14H14Cl2N4O2/c1-22-8-7-18-14-17-6-5-11(19-14)13(21)20-12-9(15)3-2-4-10(12)16/h2-6H,7-8H2,1H3,(H,20,21)(H,17,18,19). The minimum Gasteiger partial charge on any atom is -0.383 e. The lowest BCUT2D eigenvalue weighted by atomic mass is 10.3. The molecule has 0 unspecified atom stereocenters. The van der Waals surface area contributed by atoms with Crippen LogP contribution < -0.4 is 10.6 Å². The minimum absolute atomic E-state index is 0.200. The van der Waals surface area contributed by atoms with Crippen LogP contribution in [0.3, 0.4) is 0 Å². The van der Waals surface area contributed by atoms with E-state index in [4.69, 9.17) is 27.9 Å². The van der Waals surface area contributed by atoms with Gasteiger partial charge in [-0.05, 0) is 18.2 Å². The lowest BCUT2D eigenvalue weighted by Gasteiger charge is -2.09. The van der Waals surface area contributed by atoms with E-state index in [-0.39, 0.29) is 5.69 Å². The number of rotatable bonds is 6. The monoisotopic (exact) mass is 340 g/mol. The maximum absolute atomic E-state index is 12.2. The Balaban J connectivity index is 2.11. The second kappa shape index (κ2) is 7.93. The number of carbonyl (C=O) groups excluding carboxylic acids is 1. The molecule has 0 radical (unpaired) electrons. The molecule has 22 heavy (non-hydrogen) atoms. The molecule has 116 valence electrons. The van der Waals surface area contributed by atoms with Crippen LogP contribution in [0.4, 0.5) is 11.6 Å². The second-order valence-electron chi connectivity index (χ2n) is 4.24. The number of hydrogen-bond acceptors (Lipinski definition) is 5. The van der Waals surface area contributed by atoms with Gasteiger partial charge in [0.2, 0.25) is 5.95 Å². The van der Waals surface area contributed by atoms with Gasteiger partial charge in [0.1, 0.15) is 5.69 Å². The maximum atomic E-state index is 12.2. The van der Waals surface area contributed by atoms with E-state index in [0.717, 1.165) is 0 Å². The molecule has 0 aliphatic heterocycles. The third kappa shape index (κ3) is 4.30. The number of nitrogens with zero attached hydrogens (tertiary/aromatic N) is 2. The Labute approximate surface area is 137 Å². The molecular weight excluding hydrogens is 327 g/mol. The van der Waals surface area contributed by atoms with E-state index < -0.39 is 5.91 Å². The number of para-hydroxylation sites is 1. The fourth-order valence-corrected chi connectivity index (χ4v) is 2.12. The number of nitrogens with one attached hydrogen (secondary N) is 2. The Morgan fingerprint density at radius 1 is 1.27 bits per heavy atom. The molecule has 2 aromatic rings. The van der Waals surface area contributed by atoms with Crippen molar-refractivity contribution < 1.29 is 9.53 Å². The summed E-state index contributed by atoms with van der Waals surface area (Å²) in [6, 6.07) is 6.48. The van der Waals surface area contributed by atoms with Crippen LogP contribution in [-0.4, -0.2) is 36.1 Å². The van der Waals surface area contributed by atoms with Crippen LogP contribution in [-0.2, 0) is 4.74 Å². The van der Waals surface area contributed by atoms with E-state index in [1.54, 1.807) is 25.3 Å². The second-order valence-corrected chi connectivity index (χ2v) is 5.05. The van der Waals surface area contributed by atoms with Crippen molar-refractivity contribution in [2.24, 2.45) is 0 Å². The summed E-state index contributed by atoms with van der Waals surface area (Å²) in [5, 5.41) is 6.30. The summed E-state index contributed by atoms with van der Waals surface area (Å²) >= 11 is 12.0. The predicted octanol–water partition coefficient (Wildman–Crippen LogP) is 3.09. The molecule has 0 atom stereocenters. The smallest absolute Gasteiger partial charge is 0.274 e. The quantitative estimate of drug-likeness (QED) is 0.790. The topological polar surface area (TPSA) is 76.1 Å². The summed E-state index contributed by atoms with van der Waals surface area (Å²) < 4.78 is 4.92. The Morgan fingerprint density at radius 2 is 2.00 bits per heavy atom. The molecule has 0 aliphatic rings. The first kappa shape index (κ1) is 16.5. The fraction of sp³-hybridized carbons (Fsp3) is 0.214. The third-order valence-corrected chi connectivity index (χ3v) is 3.31. The van der Waals surface area contributed by atoms with Gasteiger partial charge in [-0.3, -0.25) is 4.79 Å². The number of anilines is 2. The van der Waals surface area contributed by atoms with Crippen LogP contribution in [0.1, 0.15) is 10.5 Å². The van der Waals surface area contributed by atoms with Gasteiger partial charge >= 0.3 is 0 Å². The van der Waals surface area contributed by atoms with Gasteiger partial charge in [0.05, 0.1) is 22.3 Å². The van der Waals surface area contributed by atoms with Crippen LogP contribution in [0.15, 0.2) is 30.5 Å². The van der Waals surface area contributed by atoms with Gasteiger partial charge in [0.25, 0.3) is 5.91 Å². The third-order valence-electron chi connectivity index (χ3n) is 2.68. The van der Waals surface area contributed by atoms with Crippen molar-refractivity contribution in [1.82, 2.24) is 9.97 Å². The van der Waals surface area contributed by atoms with Gasteiger partial charge in [-0.25, -0.2) is 9.97 Å². The van der Waals surface area contributed by atoms with E-state index in [1.165, 1.54) is 12.3 Å². The number of carbonyl (C=O) groups is 1. The van der Waals surface area contributed by atoms with E-state index in [1.807, 2.05) is 0 Å². The Bertz CT molecular complexity index is 647. The molecule has 1 heterocycles. The molecule has 2 rings (SSSR count). The van der Waals surface area contributed by atoms with Gasteiger partial charge in [-0.1, -0.05) is 29.3 Å². The summed E-state index contributed by atoms with van der Waals surface area (Å²) in [5.74, 6) is -0.0813. The largest absolute Gasteiger partial charge is 0.383 e. The van der Waals surface area contributed by atoms with Crippen LogP contribution in [0, 0.1) is 0 Å². The van der Waals surface area contributed by atoms with Gasteiger partial charge in [-0.2, -0.15) is 0 Å². The molecule has 1 aromatic heterocycles. The van der Waals surface area contributed by atoms with E-state index in [2.05, 4.69) is 20.6 Å². The average molecular weight is 341 g/mol. The number of hydrogen-bond donors (Lipinski definition) is 2. The zero-order chi connectivity index (χ0) is 15.9. The zero-order valence-electron chi connectivity index (χ0n) is 11.8. The van der Waals surface area contributed by atoms with Crippen molar-refractivity contribution in [2.75, 3.05) is 30.9 Å². The number of amides is 1. The lowest BCUT2D eigenvalue weighted by Crippen LogP contribution is -2.17. The van der Waals surface area contributed by atoms with Crippen LogP contribution >= 0.6 is 23.2 Å². The molecular formula is C14H14Cl2N4O2. The zero-order valence-corrected chi connectivity index (χ0v) is 13.3. The van der Waals surface area contributed by atoms with Gasteiger partial charge in [0, 0.05) is 19.9 Å². The summed E-state index contributed by atoms with van der Waals surface area (Å²) in [6.07, 6.45) is 1.49. The number of methoxy groups -OCH3 is 1. The molecule has 1 aromatic carbocycles. The molecule has 8 heteroatoms. The van der Waals surface area contributed by atoms with Gasteiger partial charge in [0.15, 0.2) is 0 Å². The Morgan fingerprint density at radius 3 is 2.68 bits per heavy atom. The maximum Gasteiger partial charge on any atom is 0.274 e. The Hall–Kier alpha value is -1.89. The highest BCUT2D eigenvalue weighted by Gasteiger charge is 2.13. The van der Waals surface area contributed by atoms with Crippen molar-refractivity contribution in [3.05, 3.63) is 46.2 Å². The van der Waals surface area contributed by atoms with Crippen molar-refractivity contribution in [1.29, 1.82) is 0 Å². The summed E-state index contributed by atoms with van der Waals surface area (Å²) in [4.78, 5) is 20.4. The minimum atomic E-state index is -0.424. The molecule has 0 bridgehead atoms. The molecule has 0 saturated carbocycles. The first-order chi connectivity index (χ1) is 10.6. The van der Waals surface area contributed by atoms with Crippen LogP contribution in [0.5, 0.6) is 0 Å². The highest BCUT2D eigenvalue weighted by Crippen LogP contribution is 2.30. The SMILES string of the molecule is COCCNc1nccc(C(=O)Nc2c(Cl)cccc2Cl)n1. The average Bonchev–Trinajstić information content (AvgIpc) is 2.51. The molecule has 0 saturated heterocycles. The number of ether oxygens (including phenoxy) is 1. The molecule has 0 spiro atoms. The predicted molar refractivity (Wildman–Crippen MR) is 86.8 cm³/mol. The summed E-state index contributed by atoms with van der Waals surface area (Å²) in [7, 11) is 1.60. The lowest BCUT2D eigenvalue weighted by molar-refractivity contribution is 0.102. The summed E-state index contributed by atoms with van der Waals surface area (Å²) in [6.45, 7) is 1.05. The Kier molecular flexibility index (Phi) is 5.94. The van der Waals surface area contributed by atoms with E-state index >= 15 is 0 Å². The molecule has 1 amide bonds. The normalized spacial score (nSPS) is 10.3. The van der Waals surface area contributed by atoms with Crippen molar-refractivity contribution in [3.63, 3.8) is 0 Å².